The van der Waals surface area contributed by atoms with Crippen LogP contribution in [0.15, 0.2) is 0 Å². The molecule has 0 unspecified atom stereocenters. The molecular formula is C13H23N3O2. The van der Waals surface area contributed by atoms with E-state index in [1.165, 1.54) is 11.9 Å². The largest absolute Gasteiger partial charge is 0.332 e. The van der Waals surface area contributed by atoms with Crippen LogP contribution in [0.25, 0.3) is 0 Å². The van der Waals surface area contributed by atoms with Crippen LogP contribution in [-0.4, -0.2) is 40.2 Å². The van der Waals surface area contributed by atoms with Crippen molar-refractivity contribution in [2.45, 2.75) is 53.0 Å². The number of amides is 3. The van der Waals surface area contributed by atoms with Gasteiger partial charge in [0, 0.05) is 12.6 Å². The molecule has 0 aromatic carbocycles. The highest BCUT2D eigenvalue weighted by Crippen LogP contribution is 2.38. The molecule has 1 aliphatic heterocycles. The van der Waals surface area contributed by atoms with E-state index in [0.29, 0.717) is 12.8 Å². The minimum absolute atomic E-state index is 0.133. The van der Waals surface area contributed by atoms with Crippen molar-refractivity contribution >= 4 is 17.8 Å². The zero-order chi connectivity index (χ0) is 14.3. The summed E-state index contributed by atoms with van der Waals surface area (Å²) in [5.74, 6) is -0.129. The molecule has 5 nitrogen and oxygen atoms in total. The van der Waals surface area contributed by atoms with Crippen molar-refractivity contribution in [3.05, 3.63) is 0 Å². The molecule has 3 amide bonds. The van der Waals surface area contributed by atoms with Gasteiger partial charge in [-0.3, -0.25) is 20.0 Å². The summed E-state index contributed by atoms with van der Waals surface area (Å²) >= 11 is 0. The quantitative estimate of drug-likeness (QED) is 0.821. The third kappa shape index (κ3) is 1.82. The first-order chi connectivity index (χ1) is 8.13. The Labute approximate surface area is 109 Å². The van der Waals surface area contributed by atoms with E-state index in [1.54, 1.807) is 0 Å². The van der Waals surface area contributed by atoms with Gasteiger partial charge in [-0.05, 0) is 33.6 Å². The summed E-state index contributed by atoms with van der Waals surface area (Å²) in [6, 6.07) is -0.407. The molecule has 0 bridgehead atoms. The van der Waals surface area contributed by atoms with Crippen molar-refractivity contribution in [3.63, 3.8) is 0 Å². The second kappa shape index (κ2) is 4.37. The highest BCUT2D eigenvalue weighted by atomic mass is 16.2. The van der Waals surface area contributed by atoms with Gasteiger partial charge in [-0.2, -0.15) is 0 Å². The van der Waals surface area contributed by atoms with Crippen molar-refractivity contribution in [1.82, 2.24) is 9.80 Å². The first kappa shape index (κ1) is 14.7. The van der Waals surface area contributed by atoms with Crippen LogP contribution in [0.2, 0.25) is 0 Å². The van der Waals surface area contributed by atoms with E-state index in [1.807, 2.05) is 34.6 Å². The Morgan fingerprint density at radius 3 is 1.94 bits per heavy atom. The van der Waals surface area contributed by atoms with E-state index >= 15 is 0 Å². The molecular weight excluding hydrogens is 230 g/mol. The van der Waals surface area contributed by atoms with Crippen molar-refractivity contribution in [1.29, 1.82) is 5.41 Å². The average molecular weight is 253 g/mol. The number of nitrogens with one attached hydrogen (secondary N) is 1. The summed E-state index contributed by atoms with van der Waals surface area (Å²) in [6.07, 6.45) is 1.07. The van der Waals surface area contributed by atoms with E-state index in [-0.39, 0.29) is 11.7 Å². The predicted octanol–water partition coefficient (Wildman–Crippen LogP) is 2.46. The number of carbonyl (C=O) groups is 2. The molecule has 1 saturated heterocycles. The second-order valence-corrected chi connectivity index (χ2v) is 5.79. The Morgan fingerprint density at radius 1 is 1.17 bits per heavy atom. The number of rotatable bonds is 2. The van der Waals surface area contributed by atoms with Gasteiger partial charge in [0.1, 0.15) is 11.3 Å². The lowest BCUT2D eigenvalue weighted by Gasteiger charge is -2.49. The molecule has 1 heterocycles. The van der Waals surface area contributed by atoms with Crippen molar-refractivity contribution in [3.8, 4) is 0 Å². The first-order valence-electron chi connectivity index (χ1n) is 6.34. The van der Waals surface area contributed by atoms with Crippen LogP contribution >= 0.6 is 0 Å². The molecule has 1 rings (SSSR count). The third-order valence-corrected chi connectivity index (χ3v) is 3.75. The molecule has 1 aliphatic rings. The summed E-state index contributed by atoms with van der Waals surface area (Å²) in [6.45, 7) is 9.40. The minimum atomic E-state index is -0.865. The van der Waals surface area contributed by atoms with Crippen LogP contribution in [0.5, 0.6) is 0 Å². The molecule has 1 N–H and O–H groups in total. The zero-order valence-corrected chi connectivity index (χ0v) is 12.1. The summed E-state index contributed by atoms with van der Waals surface area (Å²) in [4.78, 5) is 27.1. The van der Waals surface area contributed by atoms with E-state index in [4.69, 9.17) is 5.41 Å². The van der Waals surface area contributed by atoms with Crippen molar-refractivity contribution in [2.75, 3.05) is 7.05 Å². The van der Waals surface area contributed by atoms with Gasteiger partial charge in [0.05, 0.1) is 0 Å². The smallest absolute Gasteiger partial charge is 0.287 e. The number of imide groups is 1. The molecule has 0 radical (unpaired) electrons. The Hall–Kier alpha value is -1.39. The van der Waals surface area contributed by atoms with Crippen molar-refractivity contribution < 1.29 is 9.59 Å². The van der Waals surface area contributed by atoms with E-state index in [9.17, 15) is 9.59 Å². The van der Waals surface area contributed by atoms with Gasteiger partial charge in [-0.25, -0.2) is 4.79 Å². The lowest BCUT2D eigenvalue weighted by atomic mass is 9.76. The minimum Gasteiger partial charge on any atom is -0.287 e. The summed E-state index contributed by atoms with van der Waals surface area (Å²) in [7, 11) is 1.50. The Morgan fingerprint density at radius 2 is 1.61 bits per heavy atom. The summed E-state index contributed by atoms with van der Waals surface area (Å²) in [5, 5.41) is 8.32. The average Bonchev–Trinajstić information content (AvgIpc) is 2.27. The summed E-state index contributed by atoms with van der Waals surface area (Å²) in [5.41, 5.74) is -1.37. The molecule has 102 valence electrons. The van der Waals surface area contributed by atoms with E-state index < -0.39 is 17.0 Å². The normalized spacial score (nSPS) is 20.7. The maximum absolute atomic E-state index is 12.3. The van der Waals surface area contributed by atoms with Gasteiger partial charge < -0.3 is 0 Å². The van der Waals surface area contributed by atoms with Crippen molar-refractivity contribution in [2.24, 2.45) is 5.41 Å². The first-order valence-corrected chi connectivity index (χ1v) is 6.34. The fourth-order valence-corrected chi connectivity index (χ4v) is 2.48. The number of carbonyl (C=O) groups excluding carboxylic acids is 2. The molecule has 1 fully saturated rings. The monoisotopic (exact) mass is 253 g/mol. The number of hydrogen-bond donors (Lipinski definition) is 1. The van der Waals surface area contributed by atoms with Gasteiger partial charge >= 0.3 is 6.03 Å². The highest BCUT2D eigenvalue weighted by Gasteiger charge is 2.53. The molecule has 0 aromatic heterocycles. The van der Waals surface area contributed by atoms with E-state index in [0.717, 1.165) is 4.90 Å². The lowest BCUT2D eigenvalue weighted by molar-refractivity contribution is -0.137. The molecule has 0 atom stereocenters. The maximum Gasteiger partial charge on any atom is 0.332 e. The fourth-order valence-electron chi connectivity index (χ4n) is 2.48. The van der Waals surface area contributed by atoms with Gasteiger partial charge in [0.15, 0.2) is 0 Å². The van der Waals surface area contributed by atoms with Crippen LogP contribution < -0.4 is 0 Å². The Kier molecular flexibility index (Phi) is 3.56. The summed E-state index contributed by atoms with van der Waals surface area (Å²) < 4.78 is 0. The Balaban J connectivity index is 3.38. The van der Waals surface area contributed by atoms with Crippen LogP contribution in [0.3, 0.4) is 0 Å². The van der Waals surface area contributed by atoms with Crippen LogP contribution in [0.4, 0.5) is 4.79 Å². The van der Waals surface area contributed by atoms with Gasteiger partial charge in [-0.15, -0.1) is 0 Å². The number of hydrogen-bond acceptors (Lipinski definition) is 3. The molecule has 5 heteroatoms. The maximum atomic E-state index is 12.3. The van der Waals surface area contributed by atoms with Crippen LogP contribution in [0.1, 0.15) is 47.5 Å². The second-order valence-electron chi connectivity index (χ2n) is 5.79. The van der Waals surface area contributed by atoms with Gasteiger partial charge in [0.25, 0.3) is 0 Å². The third-order valence-electron chi connectivity index (χ3n) is 3.75. The highest BCUT2D eigenvalue weighted by molar-refractivity contribution is 6.20. The number of amidine groups is 1. The predicted molar refractivity (Wildman–Crippen MR) is 70.5 cm³/mol. The lowest BCUT2D eigenvalue weighted by Crippen LogP contribution is -2.67. The topological polar surface area (TPSA) is 64.5 Å². The standard InChI is InChI=1S/C13H23N3O2/c1-7-13(8-2)9(14)16(12(3,4)5)11(18)15(6)10(13)17/h14H,7-8H2,1-6H3. The van der Waals surface area contributed by atoms with Gasteiger partial charge in [-0.1, -0.05) is 13.8 Å². The number of nitrogens with zero attached hydrogens (tertiary/aromatic N) is 2. The molecule has 0 aliphatic carbocycles. The van der Waals surface area contributed by atoms with Crippen LogP contribution in [0, 0.1) is 10.8 Å². The molecule has 18 heavy (non-hydrogen) atoms. The fraction of sp³-hybridized carbons (Fsp3) is 0.769. The molecule has 0 aromatic rings. The zero-order valence-electron chi connectivity index (χ0n) is 12.1. The molecule has 0 spiro atoms. The number of urea groups is 1. The molecule has 0 saturated carbocycles. The van der Waals surface area contributed by atoms with Crippen LogP contribution in [-0.2, 0) is 4.79 Å². The SMILES string of the molecule is CCC1(CC)C(=N)N(C(C)(C)C)C(=O)N(C)C1=O. The van der Waals surface area contributed by atoms with E-state index in [2.05, 4.69) is 0 Å². The Bertz CT molecular complexity index is 392. The van der Waals surface area contributed by atoms with Gasteiger partial charge in [0.2, 0.25) is 5.91 Å².